The van der Waals surface area contributed by atoms with Crippen LogP contribution in [-0.4, -0.2) is 70.8 Å². The molecule has 16 heteroatoms. The Bertz CT molecular complexity index is 1100. The zero-order valence-corrected chi connectivity index (χ0v) is 28.3. The van der Waals surface area contributed by atoms with Gasteiger partial charge in [-0.25, -0.2) is 19.1 Å². The first-order valence-corrected chi connectivity index (χ1v) is 13.7. The molecule has 2 aliphatic carbocycles. The quantitative estimate of drug-likeness (QED) is 0.104. The third-order valence-corrected chi connectivity index (χ3v) is 7.50. The Morgan fingerprint density at radius 3 is 1.39 bits per heavy atom. The Morgan fingerprint density at radius 2 is 1.11 bits per heavy atom. The predicted octanol–water partition coefficient (Wildman–Crippen LogP) is 3.60. The summed E-state index contributed by atoms with van der Waals surface area (Å²) in [5.41, 5.74) is -5.80. The van der Waals surface area contributed by atoms with E-state index >= 15 is 0 Å². The van der Waals surface area contributed by atoms with Gasteiger partial charge in [0, 0.05) is 5.57 Å². The van der Waals surface area contributed by atoms with E-state index in [1.54, 1.807) is 0 Å². The van der Waals surface area contributed by atoms with Crippen molar-refractivity contribution >= 4 is 34.0 Å². The molecule has 0 aromatic rings. The van der Waals surface area contributed by atoms with Gasteiger partial charge < -0.3 is 23.5 Å². The molecular weight excluding hydrogens is 702 g/mol. The summed E-state index contributed by atoms with van der Waals surface area (Å²) in [5, 5.41) is 0. The predicted molar refractivity (Wildman–Crippen MR) is 145 cm³/mol. The number of alkyl halides is 3. The Morgan fingerprint density at radius 1 is 0.750 bits per heavy atom. The van der Waals surface area contributed by atoms with Crippen LogP contribution in [0, 0.1) is 53.3 Å². The maximum Gasteiger partial charge on any atom is 2.00 e. The second-order valence-electron chi connectivity index (χ2n) is 9.05. The molecule has 0 N–H and O–H groups in total. The standard InChI is InChI=1S/C15H17O8.C12H18.CHF3O3S.Ru/c1-20-12(16)8-6-5-7-9(13(17)21-2)11(15(19)23-4)10(8)14(18)22-3;1-7-8(2)10(4)12(6)11(5)9(7)3;2-1(3,4)8(5,6)7;/h5-8,11H,1-4H3;1-6H3;(H,5,6,7);/q-1;;;+2/p-1. The summed E-state index contributed by atoms with van der Waals surface area (Å²) in [6, 6.07) is 0. The maximum absolute atomic E-state index is 12.2. The number of carbonyl (C=O) groups excluding carboxylic acids is 4. The van der Waals surface area contributed by atoms with Crippen molar-refractivity contribution in [2.75, 3.05) is 28.4 Å². The van der Waals surface area contributed by atoms with Crippen molar-refractivity contribution in [3.05, 3.63) is 65.2 Å². The van der Waals surface area contributed by atoms with Gasteiger partial charge in [-0.15, -0.1) is 0 Å². The van der Waals surface area contributed by atoms with Gasteiger partial charge in [-0.1, -0.05) is 59.8 Å². The van der Waals surface area contributed by atoms with E-state index < -0.39 is 51.3 Å². The number of carbonyl (C=O) groups is 4. The van der Waals surface area contributed by atoms with Crippen LogP contribution >= 0.6 is 0 Å². The third-order valence-electron chi connectivity index (χ3n) is 6.93. The molecule has 0 saturated heterocycles. The fraction of sp³-hybridized carbons (Fsp3) is 0.464. The second kappa shape index (κ2) is 18.5. The number of methoxy groups -OCH3 is 4. The van der Waals surface area contributed by atoms with Gasteiger partial charge in [0.05, 0.1) is 28.4 Å². The normalized spacial score (nSPS) is 20.8. The van der Waals surface area contributed by atoms with E-state index in [0.29, 0.717) is 0 Å². The first kappa shape index (κ1) is 43.7. The van der Waals surface area contributed by atoms with Crippen molar-refractivity contribution in [3.8, 4) is 0 Å². The van der Waals surface area contributed by atoms with Gasteiger partial charge in [-0.2, -0.15) is 13.2 Å². The summed E-state index contributed by atoms with van der Waals surface area (Å²) in [6.07, 6.45) is 3.96. The van der Waals surface area contributed by atoms with E-state index in [0.717, 1.165) is 28.4 Å². The molecule has 2 aliphatic rings. The van der Waals surface area contributed by atoms with Gasteiger partial charge in [0.25, 0.3) is 11.9 Å². The van der Waals surface area contributed by atoms with Gasteiger partial charge in [-0.05, 0) is 47.3 Å². The van der Waals surface area contributed by atoms with Crippen LogP contribution in [0.1, 0.15) is 41.5 Å². The van der Waals surface area contributed by atoms with Crippen LogP contribution in [-0.2, 0) is 67.7 Å². The van der Waals surface area contributed by atoms with Crippen LogP contribution in [0.4, 0.5) is 13.2 Å². The van der Waals surface area contributed by atoms with E-state index in [-0.39, 0.29) is 31.0 Å². The smallest absolute Gasteiger partial charge is 0.741 e. The maximum atomic E-state index is 12.2. The SMILES string of the molecule is COC(=O)C1=CC=CC(C(=O)OC)[C-](C(=O)OC)C1C(=O)OC.C[C]1[C](C)[C](C)[C](C)[C](C)[C]1C.O=S(=O)([O-])C(F)(F)F.[Ru+2]. The summed E-state index contributed by atoms with van der Waals surface area (Å²) >= 11 is 0. The molecule has 248 valence electrons. The minimum Gasteiger partial charge on any atom is -0.741 e. The zero-order chi connectivity index (χ0) is 34.0. The number of esters is 4. The van der Waals surface area contributed by atoms with Gasteiger partial charge in [0.15, 0.2) is 16.1 Å². The van der Waals surface area contributed by atoms with Crippen LogP contribution in [0.2, 0.25) is 0 Å². The molecular formula is C28H35F3O11RuS. The van der Waals surface area contributed by atoms with Crippen LogP contribution in [0.3, 0.4) is 0 Å². The molecule has 0 aromatic carbocycles. The Kier molecular flexibility index (Phi) is 18.4. The van der Waals surface area contributed by atoms with Gasteiger partial charge >= 0.3 is 31.0 Å². The summed E-state index contributed by atoms with van der Waals surface area (Å²) in [6.45, 7) is 13.3. The largest absolute Gasteiger partial charge is 2.00 e. The molecule has 11 nitrogen and oxygen atoms in total. The molecule has 0 bridgehead atoms. The summed E-state index contributed by atoms with van der Waals surface area (Å²) in [7, 11) is -1.64. The monoisotopic (exact) mass is 738 g/mol. The zero-order valence-electron chi connectivity index (χ0n) is 25.8. The first-order chi connectivity index (χ1) is 19.6. The van der Waals surface area contributed by atoms with Gasteiger partial charge in [0.1, 0.15) is 0 Å². The van der Waals surface area contributed by atoms with E-state index in [4.69, 9.17) is 13.0 Å². The summed E-state index contributed by atoms with van der Waals surface area (Å²) in [5.74, 6) is 2.35. The Labute approximate surface area is 269 Å². The molecule has 0 spiro atoms. The van der Waals surface area contributed by atoms with Crippen molar-refractivity contribution < 1.29 is 83.7 Å². The van der Waals surface area contributed by atoms with Crippen molar-refractivity contribution in [1.29, 1.82) is 0 Å². The van der Waals surface area contributed by atoms with E-state index in [9.17, 15) is 32.3 Å². The van der Waals surface area contributed by atoms with Crippen LogP contribution in [0.15, 0.2) is 23.8 Å². The molecule has 1 fully saturated rings. The molecule has 0 aromatic heterocycles. The summed E-state index contributed by atoms with van der Waals surface area (Å²) < 4.78 is 77.5. The molecule has 2 atom stereocenters. The van der Waals surface area contributed by atoms with E-state index in [1.807, 2.05) is 0 Å². The molecule has 6 radical (unpaired) electrons. The number of hydrogen-bond acceptors (Lipinski definition) is 11. The minimum absolute atomic E-state index is 0. The average molecular weight is 738 g/mol. The van der Waals surface area contributed by atoms with Crippen molar-refractivity contribution in [3.63, 3.8) is 0 Å². The Balaban J connectivity index is 0. The van der Waals surface area contributed by atoms with Crippen molar-refractivity contribution in [2.45, 2.75) is 47.1 Å². The number of rotatable bonds is 4. The van der Waals surface area contributed by atoms with Crippen LogP contribution < -0.4 is 0 Å². The van der Waals surface area contributed by atoms with Gasteiger partial charge in [0.2, 0.25) is 0 Å². The Hall–Kier alpha value is -2.45. The molecule has 1 saturated carbocycles. The second-order valence-corrected chi connectivity index (χ2v) is 10.4. The van der Waals surface area contributed by atoms with Gasteiger partial charge in [-0.3, -0.25) is 14.4 Å². The molecule has 0 amide bonds. The van der Waals surface area contributed by atoms with Crippen molar-refractivity contribution in [2.24, 2.45) is 11.8 Å². The molecule has 0 heterocycles. The summed E-state index contributed by atoms with van der Waals surface area (Å²) in [4.78, 5) is 48.2. The molecule has 2 rings (SSSR count). The topological polar surface area (TPSA) is 162 Å². The average Bonchev–Trinajstić information content (AvgIpc) is 3.16. The van der Waals surface area contributed by atoms with E-state index in [1.165, 1.54) is 53.7 Å². The number of allylic oxidation sites excluding steroid dienone is 2. The number of ether oxygens (including phenoxy) is 4. The fourth-order valence-corrected chi connectivity index (χ4v) is 3.88. The number of hydrogen-bond donors (Lipinski definition) is 0. The third kappa shape index (κ3) is 11.2. The molecule has 2 unspecified atom stereocenters. The van der Waals surface area contributed by atoms with Crippen molar-refractivity contribution in [1.82, 2.24) is 0 Å². The fourth-order valence-electron chi connectivity index (χ4n) is 3.88. The molecule has 44 heavy (non-hydrogen) atoms. The van der Waals surface area contributed by atoms with Crippen LogP contribution in [0.5, 0.6) is 0 Å². The van der Waals surface area contributed by atoms with Crippen LogP contribution in [0.25, 0.3) is 0 Å². The first-order valence-electron chi connectivity index (χ1n) is 12.3. The number of halogens is 3. The molecule has 0 aliphatic heterocycles. The van der Waals surface area contributed by atoms with E-state index in [2.05, 4.69) is 60.5 Å². The minimum atomic E-state index is -6.09.